The van der Waals surface area contributed by atoms with Crippen molar-refractivity contribution in [3.8, 4) is 0 Å². The third kappa shape index (κ3) is 4.71. The van der Waals surface area contributed by atoms with E-state index >= 15 is 0 Å². The SMILES string of the molecule is O=C(NCCc1cccc(Cl)c1)c1cc(NC2CCCC2)ccn1. The summed E-state index contributed by atoms with van der Waals surface area (Å²) in [5.41, 5.74) is 2.52. The predicted molar refractivity (Wildman–Crippen MR) is 97.6 cm³/mol. The molecular formula is C19H22ClN3O. The van der Waals surface area contributed by atoms with Crippen molar-refractivity contribution in [2.75, 3.05) is 11.9 Å². The van der Waals surface area contributed by atoms with Crippen LogP contribution in [0.15, 0.2) is 42.6 Å². The van der Waals surface area contributed by atoms with Gasteiger partial charge in [0.05, 0.1) is 0 Å². The third-order valence-corrected chi connectivity index (χ3v) is 4.54. The van der Waals surface area contributed by atoms with Crippen LogP contribution in [0.5, 0.6) is 0 Å². The van der Waals surface area contributed by atoms with Crippen molar-refractivity contribution < 1.29 is 4.79 Å². The van der Waals surface area contributed by atoms with Crippen molar-refractivity contribution in [3.63, 3.8) is 0 Å². The molecule has 0 radical (unpaired) electrons. The monoisotopic (exact) mass is 343 g/mol. The number of aromatic nitrogens is 1. The van der Waals surface area contributed by atoms with Gasteiger partial charge in [-0.15, -0.1) is 0 Å². The van der Waals surface area contributed by atoms with Crippen LogP contribution in [0, 0.1) is 0 Å². The highest BCUT2D eigenvalue weighted by Gasteiger charge is 2.15. The highest BCUT2D eigenvalue weighted by molar-refractivity contribution is 6.30. The van der Waals surface area contributed by atoms with Gasteiger partial charge >= 0.3 is 0 Å². The van der Waals surface area contributed by atoms with Crippen LogP contribution >= 0.6 is 11.6 Å². The lowest BCUT2D eigenvalue weighted by Crippen LogP contribution is -2.26. The van der Waals surface area contributed by atoms with Crippen LogP contribution in [0.1, 0.15) is 41.7 Å². The first kappa shape index (κ1) is 16.8. The van der Waals surface area contributed by atoms with Crippen LogP contribution in [0.3, 0.4) is 0 Å². The number of rotatable bonds is 6. The van der Waals surface area contributed by atoms with Crippen molar-refractivity contribution in [1.82, 2.24) is 10.3 Å². The van der Waals surface area contributed by atoms with Crippen LogP contribution < -0.4 is 10.6 Å². The maximum Gasteiger partial charge on any atom is 0.269 e. The third-order valence-electron chi connectivity index (χ3n) is 4.31. The molecule has 0 aliphatic heterocycles. The topological polar surface area (TPSA) is 54.0 Å². The molecule has 126 valence electrons. The van der Waals surface area contributed by atoms with E-state index in [4.69, 9.17) is 11.6 Å². The second kappa shape index (κ2) is 8.15. The summed E-state index contributed by atoms with van der Waals surface area (Å²) in [5.74, 6) is -0.146. The van der Waals surface area contributed by atoms with E-state index in [1.165, 1.54) is 25.7 Å². The zero-order chi connectivity index (χ0) is 16.8. The van der Waals surface area contributed by atoms with Crippen LogP contribution in [-0.2, 0) is 6.42 Å². The number of carbonyl (C=O) groups excluding carboxylic acids is 1. The largest absolute Gasteiger partial charge is 0.382 e. The number of nitrogens with zero attached hydrogens (tertiary/aromatic N) is 1. The number of hydrogen-bond donors (Lipinski definition) is 2. The Kier molecular flexibility index (Phi) is 5.70. The summed E-state index contributed by atoms with van der Waals surface area (Å²) in [6.45, 7) is 0.557. The summed E-state index contributed by atoms with van der Waals surface area (Å²) < 4.78 is 0. The van der Waals surface area contributed by atoms with Gasteiger partial charge in [-0.2, -0.15) is 0 Å². The highest BCUT2D eigenvalue weighted by Crippen LogP contribution is 2.22. The molecule has 3 rings (SSSR count). The molecule has 5 heteroatoms. The lowest BCUT2D eigenvalue weighted by atomic mass is 10.1. The number of hydrogen-bond acceptors (Lipinski definition) is 3. The molecular weight excluding hydrogens is 322 g/mol. The molecule has 24 heavy (non-hydrogen) atoms. The zero-order valence-corrected chi connectivity index (χ0v) is 14.4. The average Bonchev–Trinajstić information content (AvgIpc) is 3.08. The molecule has 1 amide bonds. The van der Waals surface area contributed by atoms with Crippen molar-refractivity contribution in [2.24, 2.45) is 0 Å². The molecule has 0 spiro atoms. The lowest BCUT2D eigenvalue weighted by molar-refractivity contribution is 0.0949. The Morgan fingerprint density at radius 2 is 2.04 bits per heavy atom. The fourth-order valence-electron chi connectivity index (χ4n) is 3.05. The van der Waals surface area contributed by atoms with Crippen molar-refractivity contribution >= 4 is 23.2 Å². The van der Waals surface area contributed by atoms with Crippen LogP contribution in [-0.4, -0.2) is 23.5 Å². The number of pyridine rings is 1. The number of nitrogens with one attached hydrogen (secondary N) is 2. The Labute approximate surface area is 147 Å². The number of benzene rings is 1. The molecule has 0 saturated heterocycles. The second-order valence-corrected chi connectivity index (χ2v) is 6.63. The minimum atomic E-state index is -0.146. The highest BCUT2D eigenvalue weighted by atomic mass is 35.5. The van der Waals surface area contributed by atoms with Crippen molar-refractivity contribution in [1.29, 1.82) is 0 Å². The molecule has 2 N–H and O–H groups in total. The van der Waals surface area contributed by atoms with Gasteiger partial charge in [-0.25, -0.2) is 0 Å². The molecule has 1 aliphatic carbocycles. The van der Waals surface area contributed by atoms with E-state index < -0.39 is 0 Å². The van der Waals surface area contributed by atoms with Gasteiger partial charge in [0.2, 0.25) is 0 Å². The average molecular weight is 344 g/mol. The van der Waals surface area contributed by atoms with Gasteiger partial charge < -0.3 is 10.6 Å². The van der Waals surface area contributed by atoms with Gasteiger partial charge in [0.15, 0.2) is 0 Å². The van der Waals surface area contributed by atoms with E-state index in [1.807, 2.05) is 36.4 Å². The number of carbonyl (C=O) groups is 1. The number of amides is 1. The van der Waals surface area contributed by atoms with Gasteiger partial charge in [0, 0.05) is 29.5 Å². The molecule has 2 aromatic rings. The Hall–Kier alpha value is -2.07. The Morgan fingerprint density at radius 1 is 1.21 bits per heavy atom. The summed E-state index contributed by atoms with van der Waals surface area (Å²) in [4.78, 5) is 16.4. The van der Waals surface area contributed by atoms with Gasteiger partial charge in [-0.05, 0) is 49.1 Å². The molecule has 4 nitrogen and oxygen atoms in total. The summed E-state index contributed by atoms with van der Waals surface area (Å²) in [5, 5.41) is 7.12. The van der Waals surface area contributed by atoms with E-state index in [-0.39, 0.29) is 5.91 Å². The minimum absolute atomic E-state index is 0.146. The smallest absolute Gasteiger partial charge is 0.269 e. The lowest BCUT2D eigenvalue weighted by Gasteiger charge is -2.14. The molecule has 1 heterocycles. The van der Waals surface area contributed by atoms with Crippen LogP contribution in [0.25, 0.3) is 0 Å². The van der Waals surface area contributed by atoms with Gasteiger partial charge in [-0.3, -0.25) is 9.78 Å². The molecule has 1 aromatic carbocycles. The molecule has 1 aromatic heterocycles. The maximum atomic E-state index is 12.3. The van der Waals surface area contributed by atoms with Crippen LogP contribution in [0.2, 0.25) is 5.02 Å². The summed E-state index contributed by atoms with van der Waals surface area (Å²) >= 11 is 5.97. The zero-order valence-electron chi connectivity index (χ0n) is 13.6. The minimum Gasteiger partial charge on any atom is -0.382 e. The van der Waals surface area contributed by atoms with Gasteiger partial charge in [0.25, 0.3) is 5.91 Å². The standard InChI is InChI=1S/C19H22ClN3O/c20-15-5-3-4-14(12-15)8-10-22-19(24)18-13-17(9-11-21-18)23-16-6-1-2-7-16/h3-5,9,11-13,16H,1-2,6-8,10H2,(H,21,23)(H,22,24). The number of halogens is 1. The first-order valence-corrected chi connectivity index (χ1v) is 8.84. The van der Waals surface area contributed by atoms with Crippen molar-refractivity contribution in [2.45, 2.75) is 38.1 Å². The second-order valence-electron chi connectivity index (χ2n) is 6.19. The van der Waals surface area contributed by atoms with E-state index in [2.05, 4.69) is 15.6 Å². The van der Waals surface area contributed by atoms with E-state index in [0.29, 0.717) is 23.3 Å². The predicted octanol–water partition coefficient (Wildman–Crippen LogP) is 4.06. The first-order chi connectivity index (χ1) is 11.7. The molecule has 0 unspecified atom stereocenters. The normalized spacial score (nSPS) is 14.5. The fourth-order valence-corrected chi connectivity index (χ4v) is 3.27. The molecule has 0 atom stereocenters. The number of anilines is 1. The van der Waals surface area contributed by atoms with Gasteiger partial charge in [-0.1, -0.05) is 36.6 Å². The Morgan fingerprint density at radius 3 is 2.83 bits per heavy atom. The summed E-state index contributed by atoms with van der Waals surface area (Å²) in [7, 11) is 0. The quantitative estimate of drug-likeness (QED) is 0.831. The van der Waals surface area contributed by atoms with E-state index in [1.54, 1.807) is 6.20 Å². The van der Waals surface area contributed by atoms with E-state index in [0.717, 1.165) is 17.7 Å². The van der Waals surface area contributed by atoms with Crippen molar-refractivity contribution in [3.05, 3.63) is 58.9 Å². The van der Waals surface area contributed by atoms with E-state index in [9.17, 15) is 4.79 Å². The van der Waals surface area contributed by atoms with Gasteiger partial charge in [0.1, 0.15) is 5.69 Å². The fraction of sp³-hybridized carbons (Fsp3) is 0.368. The molecule has 1 aliphatic rings. The maximum absolute atomic E-state index is 12.3. The molecule has 1 fully saturated rings. The molecule has 0 bridgehead atoms. The summed E-state index contributed by atoms with van der Waals surface area (Å²) in [6, 6.07) is 11.9. The summed E-state index contributed by atoms with van der Waals surface area (Å²) in [6.07, 6.45) is 7.38. The Balaban J connectivity index is 1.52. The molecule has 1 saturated carbocycles. The Bertz CT molecular complexity index is 699. The van der Waals surface area contributed by atoms with Crippen LogP contribution in [0.4, 0.5) is 5.69 Å². The first-order valence-electron chi connectivity index (χ1n) is 8.46.